The van der Waals surface area contributed by atoms with E-state index in [1.54, 1.807) is 24.3 Å². The van der Waals surface area contributed by atoms with Gasteiger partial charge in [-0.05, 0) is 24.3 Å². The summed E-state index contributed by atoms with van der Waals surface area (Å²) >= 11 is 0. The van der Waals surface area contributed by atoms with Crippen LogP contribution in [0, 0.1) is 17.5 Å². The predicted molar refractivity (Wildman–Crippen MR) is 98.0 cm³/mol. The molecule has 0 spiro atoms. The Hall–Kier alpha value is -2.79. The van der Waals surface area contributed by atoms with E-state index in [1.807, 2.05) is 0 Å². The summed E-state index contributed by atoms with van der Waals surface area (Å²) in [5.74, 6) is -4.47. The van der Waals surface area contributed by atoms with E-state index in [9.17, 15) is 26.4 Å². The average Bonchev–Trinajstić information content (AvgIpc) is 2.76. The fraction of sp³-hybridized carbons (Fsp3) is 0.316. The molecule has 1 atom stereocenters. The second kappa shape index (κ2) is 7.80. The molecular weight excluding hydrogens is 425 g/mol. The number of nitrogens with zero attached hydrogens (tertiary/aromatic N) is 2. The zero-order valence-electron chi connectivity index (χ0n) is 15.6. The van der Waals surface area contributed by atoms with Gasteiger partial charge in [-0.3, -0.25) is 4.79 Å². The van der Waals surface area contributed by atoms with Crippen LogP contribution in [0.15, 0.2) is 41.3 Å². The minimum atomic E-state index is -4.39. The van der Waals surface area contributed by atoms with E-state index in [1.165, 1.54) is 4.90 Å². The molecule has 2 aliphatic heterocycles. The molecule has 0 radical (unpaired) electrons. The van der Waals surface area contributed by atoms with Gasteiger partial charge in [-0.1, -0.05) is 12.1 Å². The number of carbonyl (C=O) groups is 1. The van der Waals surface area contributed by atoms with Crippen LogP contribution in [0.25, 0.3) is 0 Å². The number of para-hydroxylation sites is 2. The van der Waals surface area contributed by atoms with Crippen molar-refractivity contribution in [2.45, 2.75) is 11.0 Å². The minimum absolute atomic E-state index is 0.0222. The summed E-state index contributed by atoms with van der Waals surface area (Å²) in [6.45, 7) is -0.169. The maximum atomic E-state index is 14.0. The maximum absolute atomic E-state index is 14.0. The number of sulfonamides is 1. The number of piperazine rings is 1. The van der Waals surface area contributed by atoms with Gasteiger partial charge in [-0.25, -0.2) is 21.6 Å². The Morgan fingerprint density at radius 3 is 2.30 bits per heavy atom. The first-order valence-corrected chi connectivity index (χ1v) is 10.5. The molecule has 30 heavy (non-hydrogen) atoms. The Labute approximate surface area is 170 Å². The summed E-state index contributed by atoms with van der Waals surface area (Å²) in [4.78, 5) is 13.2. The number of rotatable bonds is 3. The summed E-state index contributed by atoms with van der Waals surface area (Å²) in [7, 11) is -4.39. The van der Waals surface area contributed by atoms with E-state index in [2.05, 4.69) is 0 Å². The third-order valence-corrected chi connectivity index (χ3v) is 6.87. The van der Waals surface area contributed by atoms with Crippen LogP contribution < -0.4 is 9.47 Å². The summed E-state index contributed by atoms with van der Waals surface area (Å²) in [6, 6.07) is 8.16. The Morgan fingerprint density at radius 1 is 0.933 bits per heavy atom. The second-order valence-corrected chi connectivity index (χ2v) is 8.67. The molecule has 2 aromatic rings. The van der Waals surface area contributed by atoms with E-state index in [4.69, 9.17) is 9.47 Å². The molecule has 0 N–H and O–H groups in total. The van der Waals surface area contributed by atoms with E-state index in [0.717, 1.165) is 4.31 Å². The number of benzene rings is 2. The molecule has 4 rings (SSSR count). The first-order chi connectivity index (χ1) is 14.3. The van der Waals surface area contributed by atoms with Crippen LogP contribution in [0.5, 0.6) is 11.5 Å². The normalized spacial score (nSPS) is 19.6. The topological polar surface area (TPSA) is 76.2 Å². The molecule has 1 unspecified atom stereocenters. The van der Waals surface area contributed by atoms with Crippen molar-refractivity contribution in [3.63, 3.8) is 0 Å². The number of hydrogen-bond donors (Lipinski definition) is 0. The van der Waals surface area contributed by atoms with Gasteiger partial charge < -0.3 is 14.4 Å². The fourth-order valence-corrected chi connectivity index (χ4v) is 4.82. The first kappa shape index (κ1) is 20.5. The molecule has 2 heterocycles. The van der Waals surface area contributed by atoms with Crippen molar-refractivity contribution in [3.8, 4) is 11.5 Å². The number of amides is 1. The summed E-state index contributed by atoms with van der Waals surface area (Å²) in [5.41, 5.74) is 0. The van der Waals surface area contributed by atoms with Crippen molar-refractivity contribution in [1.29, 1.82) is 0 Å². The number of halogens is 3. The highest BCUT2D eigenvalue weighted by atomic mass is 32.2. The Kier molecular flexibility index (Phi) is 5.33. The van der Waals surface area contributed by atoms with Crippen molar-refractivity contribution in [2.24, 2.45) is 0 Å². The van der Waals surface area contributed by atoms with Gasteiger partial charge in [0.2, 0.25) is 16.1 Å². The summed E-state index contributed by atoms with van der Waals surface area (Å²) < 4.78 is 77.9. The molecule has 160 valence electrons. The lowest BCUT2D eigenvalue weighted by atomic mass is 10.2. The lowest BCUT2D eigenvalue weighted by Crippen LogP contribution is -2.55. The van der Waals surface area contributed by atoms with Crippen LogP contribution in [0.3, 0.4) is 0 Å². The fourth-order valence-electron chi connectivity index (χ4n) is 3.34. The van der Waals surface area contributed by atoms with E-state index >= 15 is 0 Å². The lowest BCUT2D eigenvalue weighted by Gasteiger charge is -2.36. The van der Waals surface area contributed by atoms with Gasteiger partial charge in [0, 0.05) is 26.2 Å². The van der Waals surface area contributed by atoms with Gasteiger partial charge in [0.15, 0.2) is 29.0 Å². The van der Waals surface area contributed by atoms with Crippen molar-refractivity contribution in [3.05, 3.63) is 53.8 Å². The number of fused-ring (bicyclic) bond motifs is 1. The van der Waals surface area contributed by atoms with Gasteiger partial charge >= 0.3 is 0 Å². The van der Waals surface area contributed by atoms with Crippen LogP contribution in [-0.4, -0.2) is 62.4 Å². The maximum Gasteiger partial charge on any atom is 0.267 e. The van der Waals surface area contributed by atoms with E-state index in [0.29, 0.717) is 23.6 Å². The number of hydrogen-bond acceptors (Lipinski definition) is 5. The highest BCUT2D eigenvalue weighted by molar-refractivity contribution is 7.89. The van der Waals surface area contributed by atoms with Crippen molar-refractivity contribution in [1.82, 2.24) is 9.21 Å². The molecule has 0 aromatic heterocycles. The smallest absolute Gasteiger partial charge is 0.267 e. The van der Waals surface area contributed by atoms with Gasteiger partial charge in [0.25, 0.3) is 5.91 Å². The second-order valence-electron chi connectivity index (χ2n) is 6.77. The lowest BCUT2D eigenvalue weighted by molar-refractivity contribution is -0.142. The Balaban J connectivity index is 1.43. The highest BCUT2D eigenvalue weighted by Crippen LogP contribution is 2.31. The molecule has 7 nitrogen and oxygen atoms in total. The quantitative estimate of drug-likeness (QED) is 0.678. The Morgan fingerprint density at radius 2 is 1.60 bits per heavy atom. The molecular formula is C19H17F3N2O5S. The van der Waals surface area contributed by atoms with Crippen LogP contribution >= 0.6 is 0 Å². The zero-order chi connectivity index (χ0) is 21.5. The molecule has 1 saturated heterocycles. The highest BCUT2D eigenvalue weighted by Gasteiger charge is 2.36. The molecule has 0 saturated carbocycles. The van der Waals surface area contributed by atoms with Gasteiger partial charge in [0.1, 0.15) is 11.5 Å². The largest absolute Gasteiger partial charge is 0.485 e. The standard InChI is InChI=1S/C19H17F3N2O5S/c20-12-5-6-16(18(22)17(12)21)30(26,27)24-9-7-23(8-10-24)19(25)15-11-28-13-3-1-2-4-14(13)29-15/h1-6,15H,7-11H2. The third kappa shape index (κ3) is 3.58. The SMILES string of the molecule is O=C(C1COc2ccccc2O1)N1CCN(S(=O)(=O)c2ccc(F)c(F)c2F)CC1. The van der Waals surface area contributed by atoms with Crippen LogP contribution in [-0.2, 0) is 14.8 Å². The third-order valence-electron chi connectivity index (χ3n) is 4.95. The molecule has 1 amide bonds. The van der Waals surface area contributed by atoms with Crippen molar-refractivity contribution < 1.29 is 35.9 Å². The monoisotopic (exact) mass is 442 g/mol. The summed E-state index contributed by atoms with van der Waals surface area (Å²) in [6.07, 6.45) is -0.869. The summed E-state index contributed by atoms with van der Waals surface area (Å²) in [5, 5.41) is 0. The first-order valence-electron chi connectivity index (χ1n) is 9.10. The van der Waals surface area contributed by atoms with Gasteiger partial charge in [-0.2, -0.15) is 4.31 Å². The van der Waals surface area contributed by atoms with E-state index in [-0.39, 0.29) is 38.7 Å². The van der Waals surface area contributed by atoms with Crippen LogP contribution in [0.4, 0.5) is 13.2 Å². The van der Waals surface area contributed by atoms with Crippen LogP contribution in [0.1, 0.15) is 0 Å². The van der Waals surface area contributed by atoms with Crippen molar-refractivity contribution in [2.75, 3.05) is 32.8 Å². The molecule has 11 heteroatoms. The number of ether oxygens (including phenoxy) is 2. The molecule has 1 fully saturated rings. The molecule has 0 bridgehead atoms. The Bertz CT molecular complexity index is 1090. The number of carbonyl (C=O) groups excluding carboxylic acids is 1. The van der Waals surface area contributed by atoms with Crippen molar-refractivity contribution >= 4 is 15.9 Å². The van der Waals surface area contributed by atoms with Gasteiger partial charge in [0.05, 0.1) is 0 Å². The average molecular weight is 442 g/mol. The van der Waals surface area contributed by atoms with Gasteiger partial charge in [-0.15, -0.1) is 0 Å². The van der Waals surface area contributed by atoms with Crippen LogP contribution in [0.2, 0.25) is 0 Å². The molecule has 2 aromatic carbocycles. The predicted octanol–water partition coefficient (Wildman–Crippen LogP) is 1.78. The minimum Gasteiger partial charge on any atom is -0.485 e. The zero-order valence-corrected chi connectivity index (χ0v) is 16.4. The molecule has 0 aliphatic carbocycles. The van der Waals surface area contributed by atoms with E-state index < -0.39 is 38.5 Å². The molecule has 2 aliphatic rings.